The summed E-state index contributed by atoms with van der Waals surface area (Å²) in [5.74, 6) is -0.502. The van der Waals surface area contributed by atoms with Gasteiger partial charge in [-0.15, -0.1) is 16.4 Å². The molecule has 1 amide bonds. The average molecular weight is 707 g/mol. The minimum atomic E-state index is -0.719. The van der Waals surface area contributed by atoms with Crippen LogP contribution in [0.25, 0.3) is 32.0 Å². The van der Waals surface area contributed by atoms with E-state index in [4.69, 9.17) is 19.1 Å². The number of rotatable bonds is 8. The van der Waals surface area contributed by atoms with Crippen molar-refractivity contribution in [2.24, 2.45) is 0 Å². The fourth-order valence-electron chi connectivity index (χ4n) is 8.04. The molecule has 2 aromatic carbocycles. The molecule has 0 bridgehead atoms. The summed E-state index contributed by atoms with van der Waals surface area (Å²) in [6.07, 6.45) is 4.08. The quantitative estimate of drug-likeness (QED) is 0.167. The summed E-state index contributed by atoms with van der Waals surface area (Å²) >= 11 is 1.49. The van der Waals surface area contributed by atoms with E-state index in [1.807, 2.05) is 24.0 Å². The van der Waals surface area contributed by atoms with E-state index in [-0.39, 0.29) is 41.3 Å². The van der Waals surface area contributed by atoms with Gasteiger partial charge in [0.05, 0.1) is 46.4 Å². The Morgan fingerprint density at radius 1 is 1.04 bits per heavy atom. The van der Waals surface area contributed by atoms with Gasteiger partial charge in [0.2, 0.25) is 0 Å². The number of ether oxygens (including phenoxy) is 1. The van der Waals surface area contributed by atoms with Crippen LogP contribution >= 0.6 is 11.3 Å². The molecule has 51 heavy (non-hydrogen) atoms. The molecule has 0 spiro atoms. The van der Waals surface area contributed by atoms with E-state index in [1.54, 1.807) is 18.2 Å². The number of benzene rings is 2. The van der Waals surface area contributed by atoms with Crippen molar-refractivity contribution >= 4 is 33.1 Å². The zero-order valence-corrected chi connectivity index (χ0v) is 28.6. The number of anilines is 1. The van der Waals surface area contributed by atoms with Gasteiger partial charge in [-0.2, -0.15) is 0 Å². The number of aromatic amines is 1. The van der Waals surface area contributed by atoms with Crippen LogP contribution in [-0.4, -0.2) is 44.6 Å². The van der Waals surface area contributed by atoms with E-state index in [0.717, 1.165) is 62.3 Å². The Bertz CT molecular complexity index is 2440. The summed E-state index contributed by atoms with van der Waals surface area (Å²) in [6.45, 7) is 2.57. The Labute approximate surface area is 294 Å². The molecule has 2 unspecified atom stereocenters. The predicted molar refractivity (Wildman–Crippen MR) is 188 cm³/mol. The van der Waals surface area contributed by atoms with Crippen molar-refractivity contribution < 1.29 is 22.7 Å². The van der Waals surface area contributed by atoms with E-state index >= 15 is 0 Å². The molecule has 3 aliphatic rings. The first-order valence-corrected chi connectivity index (χ1v) is 17.8. The molecular weight excluding hydrogens is 675 g/mol. The molecule has 0 radical (unpaired) electrons. The van der Waals surface area contributed by atoms with Crippen LogP contribution in [0, 0.1) is 18.6 Å². The summed E-state index contributed by atoms with van der Waals surface area (Å²) in [7, 11) is 1.49. The SMILES string of the molecule is COc1c(F)ccc2c1CCC2Nc1nc(C)cc2cc(-c3c4c(nc(CCc5ccc(F)cc5)c3-c3n[nH]c(=O)o3)C3CCCN3C4=O)sc12. The molecule has 1 saturated heterocycles. The molecule has 1 aliphatic carbocycles. The Balaban J connectivity index is 1.21. The molecule has 10 nitrogen and oxygen atoms in total. The topological polar surface area (TPSA) is 126 Å². The normalized spacial score (nSPS) is 17.6. The minimum absolute atomic E-state index is 0.0492. The standard InChI is InChI=1S/C38H32F2N6O4S/c1-18-16-20-17-28(51-34(20)35(41-18)43-25-14-11-23-22(25)10-12-24(40)33(23)49-2)30-29(36-44-45-38(48)50-36)26(13-7-19-5-8-21(39)9-6-19)42-32-27-4-3-15-46(27)37(47)31(30)32/h5-6,8-10,12,16-17,25,27H,3-4,7,11,13-15H2,1-2H3,(H,41,43)(H,45,48). The fourth-order valence-corrected chi connectivity index (χ4v) is 9.19. The number of nitrogens with zero attached hydrogens (tertiary/aromatic N) is 4. The number of halogens is 2. The first-order chi connectivity index (χ1) is 24.8. The summed E-state index contributed by atoms with van der Waals surface area (Å²) in [4.78, 5) is 39.3. The van der Waals surface area contributed by atoms with E-state index in [9.17, 15) is 18.4 Å². The van der Waals surface area contributed by atoms with E-state index in [0.29, 0.717) is 54.0 Å². The van der Waals surface area contributed by atoms with Gasteiger partial charge in [-0.3, -0.25) is 9.78 Å². The van der Waals surface area contributed by atoms with Gasteiger partial charge >= 0.3 is 5.76 Å². The predicted octanol–water partition coefficient (Wildman–Crippen LogP) is 7.47. The summed E-state index contributed by atoms with van der Waals surface area (Å²) in [5, 5.41) is 11.2. The van der Waals surface area contributed by atoms with Gasteiger partial charge < -0.3 is 19.4 Å². The van der Waals surface area contributed by atoms with Crippen molar-refractivity contribution in [3.8, 4) is 27.6 Å². The first kappa shape index (κ1) is 31.5. The maximum absolute atomic E-state index is 14.5. The van der Waals surface area contributed by atoms with Crippen molar-refractivity contribution in [2.75, 3.05) is 19.0 Å². The number of amides is 1. The van der Waals surface area contributed by atoms with Crippen molar-refractivity contribution in [1.29, 1.82) is 0 Å². The third-order valence-electron chi connectivity index (χ3n) is 10.3. The number of pyridine rings is 2. The number of hydrogen-bond donors (Lipinski definition) is 2. The number of aryl methyl sites for hydroxylation is 3. The van der Waals surface area contributed by atoms with Gasteiger partial charge in [-0.25, -0.2) is 23.7 Å². The largest absolute Gasteiger partial charge is 0.493 e. The van der Waals surface area contributed by atoms with Crippen LogP contribution in [0.15, 0.2) is 57.7 Å². The molecular formula is C38H32F2N6O4S. The van der Waals surface area contributed by atoms with E-state index in [1.165, 1.54) is 36.6 Å². The Morgan fingerprint density at radius 3 is 2.67 bits per heavy atom. The lowest BCUT2D eigenvalue weighted by Gasteiger charge is -2.17. The highest BCUT2D eigenvalue weighted by atomic mass is 32.1. The Morgan fingerprint density at radius 2 is 1.88 bits per heavy atom. The second kappa shape index (κ2) is 12.1. The highest BCUT2D eigenvalue weighted by molar-refractivity contribution is 7.23. The molecule has 2 atom stereocenters. The lowest BCUT2D eigenvalue weighted by atomic mass is 9.93. The smallest absolute Gasteiger partial charge is 0.434 e. The second-order valence-corrected chi connectivity index (χ2v) is 14.3. The number of hydrogen-bond acceptors (Lipinski definition) is 9. The van der Waals surface area contributed by atoms with Gasteiger partial charge in [0, 0.05) is 28.2 Å². The molecule has 258 valence electrons. The molecule has 6 aromatic rings. The van der Waals surface area contributed by atoms with Crippen LogP contribution in [0.3, 0.4) is 0 Å². The highest BCUT2D eigenvalue weighted by Gasteiger charge is 2.45. The van der Waals surface area contributed by atoms with E-state index < -0.39 is 5.76 Å². The van der Waals surface area contributed by atoms with Gasteiger partial charge in [0.1, 0.15) is 11.6 Å². The van der Waals surface area contributed by atoms with Gasteiger partial charge in [0.15, 0.2) is 11.6 Å². The number of H-pyrrole nitrogens is 1. The average Bonchev–Trinajstić information content (AvgIpc) is 3.96. The van der Waals surface area contributed by atoms with Gasteiger partial charge in [0.25, 0.3) is 11.8 Å². The number of methoxy groups -OCH3 is 1. The lowest BCUT2D eigenvalue weighted by molar-refractivity contribution is 0.0776. The number of fused-ring (bicyclic) bond motifs is 5. The molecule has 0 saturated carbocycles. The molecule has 6 heterocycles. The van der Waals surface area contributed by atoms with Crippen LogP contribution < -0.4 is 15.8 Å². The van der Waals surface area contributed by atoms with Crippen molar-refractivity contribution in [3.05, 3.63) is 110 Å². The fraction of sp³-hybridized carbons (Fsp3) is 0.289. The number of aromatic nitrogens is 4. The van der Waals surface area contributed by atoms with Crippen molar-refractivity contribution in [3.63, 3.8) is 0 Å². The lowest BCUT2D eigenvalue weighted by Crippen LogP contribution is -2.22. The molecule has 13 heteroatoms. The Kier molecular flexibility index (Phi) is 7.49. The van der Waals surface area contributed by atoms with Crippen LogP contribution in [-0.2, 0) is 19.3 Å². The zero-order valence-electron chi connectivity index (χ0n) is 27.8. The van der Waals surface area contributed by atoms with Crippen LogP contribution in [0.4, 0.5) is 14.6 Å². The highest BCUT2D eigenvalue weighted by Crippen LogP contribution is 2.51. The maximum Gasteiger partial charge on any atom is 0.434 e. The van der Waals surface area contributed by atoms with Crippen LogP contribution in [0.1, 0.15) is 75.5 Å². The van der Waals surface area contributed by atoms with Gasteiger partial charge in [-0.1, -0.05) is 18.2 Å². The summed E-state index contributed by atoms with van der Waals surface area (Å²) in [6, 6.07) is 13.4. The summed E-state index contributed by atoms with van der Waals surface area (Å²) < 4.78 is 40.1. The second-order valence-electron chi connectivity index (χ2n) is 13.3. The number of nitrogens with one attached hydrogen (secondary N) is 2. The summed E-state index contributed by atoms with van der Waals surface area (Å²) in [5.41, 5.74) is 6.51. The third kappa shape index (κ3) is 5.21. The number of carbonyl (C=O) groups excluding carboxylic acids is 1. The molecule has 2 N–H and O–H groups in total. The Hall–Kier alpha value is -5.43. The van der Waals surface area contributed by atoms with Crippen molar-refractivity contribution in [1.82, 2.24) is 25.1 Å². The maximum atomic E-state index is 14.5. The van der Waals surface area contributed by atoms with Crippen LogP contribution in [0.2, 0.25) is 0 Å². The third-order valence-corrected chi connectivity index (χ3v) is 11.4. The van der Waals surface area contributed by atoms with Gasteiger partial charge in [-0.05, 0) is 92.3 Å². The molecule has 1 fully saturated rings. The van der Waals surface area contributed by atoms with Crippen LogP contribution in [0.5, 0.6) is 5.75 Å². The molecule has 2 aliphatic heterocycles. The van der Waals surface area contributed by atoms with Crippen molar-refractivity contribution in [2.45, 2.75) is 57.5 Å². The molecule has 4 aromatic heterocycles. The zero-order chi connectivity index (χ0) is 35.0. The number of carbonyl (C=O) groups is 1. The van der Waals surface area contributed by atoms with E-state index in [2.05, 4.69) is 15.5 Å². The molecule has 9 rings (SSSR count). The number of thiophene rings is 1. The monoisotopic (exact) mass is 706 g/mol. The first-order valence-electron chi connectivity index (χ1n) is 17.0. The minimum Gasteiger partial charge on any atom is -0.493 e.